The van der Waals surface area contributed by atoms with E-state index in [9.17, 15) is 0 Å². The molecule has 2 aromatic rings. The van der Waals surface area contributed by atoms with Crippen LogP contribution in [0.2, 0.25) is 0 Å². The predicted octanol–water partition coefficient (Wildman–Crippen LogP) is 2.05. The summed E-state index contributed by atoms with van der Waals surface area (Å²) in [7, 11) is 0. The molecule has 20 heavy (non-hydrogen) atoms. The summed E-state index contributed by atoms with van der Waals surface area (Å²) in [5.41, 5.74) is 2.31. The largest absolute Gasteiger partial charge is 0.379 e. The third kappa shape index (κ3) is 3.53. The smallest absolute Gasteiger partial charge is 0.227 e. The molecule has 0 radical (unpaired) electrons. The first-order valence-electron chi connectivity index (χ1n) is 6.83. The van der Waals surface area contributed by atoms with Crippen LogP contribution in [-0.2, 0) is 11.3 Å². The van der Waals surface area contributed by atoms with Gasteiger partial charge in [-0.25, -0.2) is 9.97 Å². The van der Waals surface area contributed by atoms with Crippen molar-refractivity contribution in [1.82, 2.24) is 14.9 Å². The molecule has 5 nitrogen and oxygen atoms in total. The van der Waals surface area contributed by atoms with Gasteiger partial charge in [0.1, 0.15) is 0 Å². The van der Waals surface area contributed by atoms with Crippen LogP contribution in [0.5, 0.6) is 0 Å². The molecule has 104 valence electrons. The van der Waals surface area contributed by atoms with Crippen molar-refractivity contribution in [2.45, 2.75) is 6.54 Å². The fraction of sp³-hybridized carbons (Fsp3) is 0.333. The van der Waals surface area contributed by atoms with Gasteiger partial charge in [0.25, 0.3) is 0 Å². The van der Waals surface area contributed by atoms with Crippen molar-refractivity contribution < 1.29 is 4.74 Å². The fourth-order valence-electron chi connectivity index (χ4n) is 2.20. The maximum Gasteiger partial charge on any atom is 0.227 e. The molecule has 0 amide bonds. The second-order valence-corrected chi connectivity index (χ2v) is 4.78. The lowest BCUT2D eigenvalue weighted by Crippen LogP contribution is -2.35. The number of anilines is 2. The molecule has 0 saturated carbocycles. The van der Waals surface area contributed by atoms with Gasteiger partial charge in [-0.05, 0) is 23.8 Å². The molecule has 3 rings (SSSR count). The first kappa shape index (κ1) is 13.0. The van der Waals surface area contributed by atoms with Crippen molar-refractivity contribution in [1.29, 1.82) is 0 Å². The molecule has 1 aromatic heterocycles. The molecular formula is C15H18N4O. The summed E-state index contributed by atoms with van der Waals surface area (Å²) >= 11 is 0. The number of hydrogen-bond donors (Lipinski definition) is 1. The molecule has 1 aliphatic heterocycles. The number of rotatable bonds is 4. The molecule has 1 N–H and O–H groups in total. The van der Waals surface area contributed by atoms with E-state index in [-0.39, 0.29) is 0 Å². The van der Waals surface area contributed by atoms with Crippen LogP contribution in [0.4, 0.5) is 11.6 Å². The Hall–Kier alpha value is -1.98. The summed E-state index contributed by atoms with van der Waals surface area (Å²) < 4.78 is 5.36. The zero-order valence-electron chi connectivity index (χ0n) is 11.3. The van der Waals surface area contributed by atoms with E-state index in [2.05, 4.69) is 44.5 Å². The lowest BCUT2D eigenvalue weighted by atomic mass is 10.2. The maximum absolute atomic E-state index is 5.36. The monoisotopic (exact) mass is 270 g/mol. The summed E-state index contributed by atoms with van der Waals surface area (Å²) in [5, 5.41) is 3.18. The molecule has 2 heterocycles. The SMILES string of the molecule is c1cnc(Nc2ccc(CN3CCOCC3)cc2)nc1. The van der Waals surface area contributed by atoms with E-state index >= 15 is 0 Å². The van der Waals surface area contributed by atoms with Crippen LogP contribution in [0.15, 0.2) is 42.7 Å². The van der Waals surface area contributed by atoms with Gasteiger partial charge in [0.05, 0.1) is 13.2 Å². The zero-order chi connectivity index (χ0) is 13.6. The summed E-state index contributed by atoms with van der Waals surface area (Å²) in [6, 6.07) is 10.2. The van der Waals surface area contributed by atoms with Gasteiger partial charge < -0.3 is 10.1 Å². The van der Waals surface area contributed by atoms with Gasteiger partial charge in [-0.2, -0.15) is 0 Å². The van der Waals surface area contributed by atoms with Gasteiger partial charge in [0.2, 0.25) is 5.95 Å². The Kier molecular flexibility index (Phi) is 4.20. The van der Waals surface area contributed by atoms with Crippen LogP contribution < -0.4 is 5.32 Å². The van der Waals surface area contributed by atoms with Crippen LogP contribution in [0.3, 0.4) is 0 Å². The minimum absolute atomic E-state index is 0.619. The first-order chi connectivity index (χ1) is 9.90. The Labute approximate surface area is 118 Å². The number of morpholine rings is 1. The van der Waals surface area contributed by atoms with Gasteiger partial charge in [-0.15, -0.1) is 0 Å². The van der Waals surface area contributed by atoms with E-state index < -0.39 is 0 Å². The molecule has 1 fully saturated rings. The summed E-state index contributed by atoms with van der Waals surface area (Å²) in [6.45, 7) is 4.68. The van der Waals surface area contributed by atoms with Crippen LogP contribution in [0.25, 0.3) is 0 Å². The highest BCUT2D eigenvalue weighted by atomic mass is 16.5. The van der Waals surface area contributed by atoms with Crippen molar-refractivity contribution in [3.05, 3.63) is 48.3 Å². The molecule has 0 aliphatic carbocycles. The number of benzene rings is 1. The average molecular weight is 270 g/mol. The highest BCUT2D eigenvalue weighted by molar-refractivity contribution is 5.53. The van der Waals surface area contributed by atoms with Crippen molar-refractivity contribution >= 4 is 11.6 Å². The van der Waals surface area contributed by atoms with E-state index in [4.69, 9.17) is 4.74 Å². The Morgan fingerprint density at radius 3 is 2.45 bits per heavy atom. The molecule has 1 aromatic carbocycles. The molecule has 0 unspecified atom stereocenters. The summed E-state index contributed by atoms with van der Waals surface area (Å²) in [6.07, 6.45) is 3.45. The maximum atomic E-state index is 5.36. The predicted molar refractivity (Wildman–Crippen MR) is 77.9 cm³/mol. The van der Waals surface area contributed by atoms with Gasteiger partial charge >= 0.3 is 0 Å². The second kappa shape index (κ2) is 6.45. The van der Waals surface area contributed by atoms with Gasteiger partial charge in [0, 0.05) is 37.7 Å². The highest BCUT2D eigenvalue weighted by Gasteiger charge is 2.10. The molecular weight excluding hydrogens is 252 g/mol. The van der Waals surface area contributed by atoms with Crippen molar-refractivity contribution in [3.8, 4) is 0 Å². The Morgan fingerprint density at radius 2 is 1.75 bits per heavy atom. The van der Waals surface area contributed by atoms with Gasteiger partial charge in [0.15, 0.2) is 0 Å². The fourth-order valence-corrected chi connectivity index (χ4v) is 2.20. The normalized spacial score (nSPS) is 16.0. The summed E-state index contributed by atoms with van der Waals surface area (Å²) in [4.78, 5) is 10.7. The van der Waals surface area contributed by atoms with Crippen LogP contribution in [-0.4, -0.2) is 41.2 Å². The van der Waals surface area contributed by atoms with Crippen LogP contribution >= 0.6 is 0 Å². The van der Waals surface area contributed by atoms with Gasteiger partial charge in [-0.1, -0.05) is 12.1 Å². The number of nitrogens with one attached hydrogen (secondary N) is 1. The summed E-state index contributed by atoms with van der Waals surface area (Å²) in [5.74, 6) is 0.619. The average Bonchev–Trinajstić information content (AvgIpc) is 2.51. The molecule has 1 saturated heterocycles. The van der Waals surface area contributed by atoms with Gasteiger partial charge in [-0.3, -0.25) is 4.90 Å². The van der Waals surface area contributed by atoms with Crippen molar-refractivity contribution in [3.63, 3.8) is 0 Å². The Balaban J connectivity index is 1.59. The minimum Gasteiger partial charge on any atom is -0.379 e. The van der Waals surface area contributed by atoms with E-state index in [1.54, 1.807) is 18.5 Å². The van der Waals surface area contributed by atoms with E-state index in [1.165, 1.54) is 5.56 Å². The van der Waals surface area contributed by atoms with Crippen molar-refractivity contribution in [2.24, 2.45) is 0 Å². The standard InChI is InChI=1S/C15H18N4O/c1-6-16-15(17-7-1)18-14-4-2-13(3-5-14)12-19-8-10-20-11-9-19/h1-7H,8-12H2,(H,16,17,18). The third-order valence-corrected chi connectivity index (χ3v) is 3.29. The number of hydrogen-bond acceptors (Lipinski definition) is 5. The van der Waals surface area contributed by atoms with E-state index in [1.807, 2.05) is 0 Å². The molecule has 5 heteroatoms. The molecule has 0 spiro atoms. The van der Waals surface area contributed by atoms with E-state index in [0.717, 1.165) is 38.5 Å². The number of ether oxygens (including phenoxy) is 1. The van der Waals surface area contributed by atoms with Crippen LogP contribution in [0, 0.1) is 0 Å². The first-order valence-corrected chi connectivity index (χ1v) is 6.83. The number of aromatic nitrogens is 2. The molecule has 0 atom stereocenters. The zero-order valence-corrected chi connectivity index (χ0v) is 11.3. The van der Waals surface area contributed by atoms with Crippen LogP contribution in [0.1, 0.15) is 5.56 Å². The number of nitrogens with zero attached hydrogens (tertiary/aromatic N) is 3. The lowest BCUT2D eigenvalue weighted by Gasteiger charge is -2.26. The minimum atomic E-state index is 0.619. The lowest BCUT2D eigenvalue weighted by molar-refractivity contribution is 0.0342. The quantitative estimate of drug-likeness (QED) is 0.921. The second-order valence-electron chi connectivity index (χ2n) is 4.78. The third-order valence-electron chi connectivity index (χ3n) is 3.29. The molecule has 1 aliphatic rings. The molecule has 0 bridgehead atoms. The Bertz CT molecular complexity index is 523. The van der Waals surface area contributed by atoms with Crippen molar-refractivity contribution in [2.75, 3.05) is 31.6 Å². The Morgan fingerprint density at radius 1 is 1.05 bits per heavy atom. The van der Waals surface area contributed by atoms with E-state index in [0.29, 0.717) is 5.95 Å². The topological polar surface area (TPSA) is 50.3 Å². The highest BCUT2D eigenvalue weighted by Crippen LogP contribution is 2.15.